The molecule has 0 aliphatic heterocycles. The van der Waals surface area contributed by atoms with E-state index in [1.165, 1.54) is 29.1 Å². The summed E-state index contributed by atoms with van der Waals surface area (Å²) in [5.74, 6) is -1.21. The smallest absolute Gasteiger partial charge is 0.437 e. The second-order valence-electron chi connectivity index (χ2n) is 7.02. The van der Waals surface area contributed by atoms with Crippen molar-refractivity contribution >= 4 is 23.2 Å². The summed E-state index contributed by atoms with van der Waals surface area (Å²) in [6.45, 7) is 5.37. The molecule has 12 heteroatoms. The van der Waals surface area contributed by atoms with E-state index in [1.807, 2.05) is 0 Å². The van der Waals surface area contributed by atoms with Crippen molar-refractivity contribution in [1.29, 1.82) is 0 Å². The van der Waals surface area contributed by atoms with Crippen molar-refractivity contribution in [1.82, 2.24) is 24.7 Å². The zero-order valence-corrected chi connectivity index (χ0v) is 16.8. The van der Waals surface area contributed by atoms with Crippen molar-refractivity contribution in [3.63, 3.8) is 0 Å². The summed E-state index contributed by atoms with van der Waals surface area (Å²) < 4.78 is 47.3. The molecular formula is C17H14Cl2F3N5O2. The van der Waals surface area contributed by atoms with Crippen LogP contribution in [0.25, 0.3) is 5.95 Å². The van der Waals surface area contributed by atoms with Gasteiger partial charge in [-0.3, -0.25) is 14.3 Å². The highest BCUT2D eigenvalue weighted by molar-refractivity contribution is 6.42. The van der Waals surface area contributed by atoms with E-state index in [4.69, 9.17) is 27.9 Å². The molecule has 2 heterocycles. The Bertz CT molecular complexity index is 1120. The quantitative estimate of drug-likeness (QED) is 0.624. The molecular weight excluding hydrogens is 434 g/mol. The van der Waals surface area contributed by atoms with Gasteiger partial charge in [-0.15, -0.1) is 10.2 Å². The van der Waals surface area contributed by atoms with Gasteiger partial charge >= 0.3 is 6.18 Å². The van der Waals surface area contributed by atoms with E-state index >= 15 is 0 Å². The third kappa shape index (κ3) is 4.38. The summed E-state index contributed by atoms with van der Waals surface area (Å²) in [7, 11) is 0. The van der Waals surface area contributed by atoms with Crippen molar-refractivity contribution in [2.24, 2.45) is 0 Å². The number of hydrogen-bond acceptors (Lipinski definition) is 5. The molecule has 0 aliphatic rings. The van der Waals surface area contributed by atoms with Gasteiger partial charge in [-0.05, 0) is 12.1 Å². The molecule has 0 aliphatic carbocycles. The van der Waals surface area contributed by atoms with Crippen molar-refractivity contribution in [3.8, 4) is 17.4 Å². The summed E-state index contributed by atoms with van der Waals surface area (Å²) in [5, 5.41) is 7.84. The van der Waals surface area contributed by atoms with Crippen LogP contribution in [0.1, 0.15) is 32.3 Å². The molecule has 154 valence electrons. The molecule has 0 spiro atoms. The van der Waals surface area contributed by atoms with Gasteiger partial charge in [0.2, 0.25) is 11.7 Å². The maximum Gasteiger partial charge on any atom is 0.437 e. The molecule has 0 atom stereocenters. The second-order valence-corrected chi connectivity index (χ2v) is 7.83. The first kappa shape index (κ1) is 21.1. The fourth-order valence-corrected chi connectivity index (χ4v) is 2.70. The van der Waals surface area contributed by atoms with Gasteiger partial charge in [-0.2, -0.15) is 13.2 Å². The number of H-pyrrole nitrogens is 1. The van der Waals surface area contributed by atoms with E-state index in [2.05, 4.69) is 20.2 Å². The lowest BCUT2D eigenvalue weighted by molar-refractivity contribution is -0.142. The maximum absolute atomic E-state index is 13.6. The van der Waals surface area contributed by atoms with Gasteiger partial charge < -0.3 is 4.74 Å². The average Bonchev–Trinajstić information content (AvgIpc) is 3.09. The normalized spacial score (nSPS) is 12.3. The van der Waals surface area contributed by atoms with Crippen LogP contribution >= 0.6 is 23.2 Å². The van der Waals surface area contributed by atoms with E-state index in [9.17, 15) is 18.0 Å². The first-order valence-corrected chi connectivity index (χ1v) is 8.89. The fourth-order valence-electron chi connectivity index (χ4n) is 2.41. The van der Waals surface area contributed by atoms with Crippen molar-refractivity contribution in [2.75, 3.05) is 0 Å². The minimum Gasteiger partial charge on any atom is -0.449 e. The molecule has 0 bridgehead atoms. The number of nitrogens with one attached hydrogen (secondary N) is 1. The van der Waals surface area contributed by atoms with Crippen molar-refractivity contribution < 1.29 is 17.9 Å². The number of hydrogen-bond donors (Lipinski definition) is 1. The number of ether oxygens (including phenoxy) is 1. The van der Waals surface area contributed by atoms with Gasteiger partial charge in [-0.1, -0.05) is 44.0 Å². The van der Waals surface area contributed by atoms with Gasteiger partial charge in [0.1, 0.15) is 17.9 Å². The zero-order valence-electron chi connectivity index (χ0n) is 15.3. The van der Waals surface area contributed by atoms with E-state index < -0.39 is 34.5 Å². The highest BCUT2D eigenvalue weighted by Crippen LogP contribution is 2.36. The molecule has 1 N–H and O–H groups in total. The SMILES string of the molecule is CC(C)(C)c1nncn1-c1nc(C(F)(F)F)c(Oc2ccc(Cl)c(Cl)c2)c(=O)[nH]1. The molecule has 29 heavy (non-hydrogen) atoms. The van der Waals surface area contributed by atoms with Crippen LogP contribution in [0.4, 0.5) is 13.2 Å². The molecule has 2 aromatic heterocycles. The molecule has 3 rings (SSSR count). The van der Waals surface area contributed by atoms with E-state index in [0.717, 1.165) is 0 Å². The Morgan fingerprint density at radius 2 is 1.83 bits per heavy atom. The number of aromatic nitrogens is 5. The lowest BCUT2D eigenvalue weighted by atomic mass is 9.96. The topological polar surface area (TPSA) is 85.7 Å². The molecule has 0 amide bonds. The van der Waals surface area contributed by atoms with Gasteiger partial charge in [0, 0.05) is 11.5 Å². The summed E-state index contributed by atoms with van der Waals surface area (Å²) in [5.41, 5.74) is -3.21. The van der Waals surface area contributed by atoms with E-state index in [1.54, 1.807) is 20.8 Å². The number of aromatic amines is 1. The van der Waals surface area contributed by atoms with Crippen LogP contribution in [0, 0.1) is 0 Å². The molecule has 0 saturated carbocycles. The Morgan fingerprint density at radius 3 is 2.41 bits per heavy atom. The lowest BCUT2D eigenvalue weighted by Gasteiger charge is -2.19. The van der Waals surface area contributed by atoms with Gasteiger partial charge in [0.15, 0.2) is 5.69 Å². The minimum absolute atomic E-state index is 0.0537. The predicted molar refractivity (Wildman–Crippen MR) is 100 cm³/mol. The summed E-state index contributed by atoms with van der Waals surface area (Å²) in [6.07, 6.45) is -3.80. The van der Waals surface area contributed by atoms with Crippen LogP contribution in [0.15, 0.2) is 29.3 Å². The number of halogens is 5. The Balaban J connectivity index is 2.16. The number of rotatable bonds is 3. The highest BCUT2D eigenvalue weighted by Gasteiger charge is 2.39. The minimum atomic E-state index is -4.97. The van der Waals surface area contributed by atoms with Crippen molar-refractivity contribution in [2.45, 2.75) is 32.4 Å². The number of nitrogens with zero attached hydrogens (tertiary/aromatic N) is 4. The second kappa shape index (κ2) is 7.34. The summed E-state index contributed by atoms with van der Waals surface area (Å²) in [6, 6.07) is 3.79. The van der Waals surface area contributed by atoms with Crippen molar-refractivity contribution in [3.05, 3.63) is 56.4 Å². The van der Waals surface area contributed by atoms with Crippen LogP contribution in [0.3, 0.4) is 0 Å². The highest BCUT2D eigenvalue weighted by atomic mass is 35.5. The molecule has 0 unspecified atom stereocenters. The fraction of sp³-hybridized carbons (Fsp3) is 0.294. The van der Waals surface area contributed by atoms with Crippen LogP contribution in [0.2, 0.25) is 10.0 Å². The van der Waals surface area contributed by atoms with Gasteiger partial charge in [-0.25, -0.2) is 4.98 Å². The molecule has 0 fully saturated rings. The predicted octanol–water partition coefficient (Wildman–Crippen LogP) is 4.77. The molecule has 0 saturated heterocycles. The van der Waals surface area contributed by atoms with Gasteiger partial charge in [0.25, 0.3) is 5.56 Å². The third-order valence-electron chi connectivity index (χ3n) is 3.69. The number of benzene rings is 1. The zero-order chi connectivity index (χ0) is 21.6. The Morgan fingerprint density at radius 1 is 1.14 bits per heavy atom. The van der Waals surface area contributed by atoms with Crippen LogP contribution in [0.5, 0.6) is 11.5 Å². The molecule has 0 radical (unpaired) electrons. The van der Waals surface area contributed by atoms with Crippen LogP contribution in [-0.2, 0) is 11.6 Å². The maximum atomic E-state index is 13.6. The lowest BCUT2D eigenvalue weighted by Crippen LogP contribution is -2.25. The molecule has 7 nitrogen and oxygen atoms in total. The van der Waals surface area contributed by atoms with Gasteiger partial charge in [0.05, 0.1) is 10.0 Å². The van der Waals surface area contributed by atoms with Crippen LogP contribution in [-0.4, -0.2) is 24.7 Å². The molecule has 3 aromatic rings. The van der Waals surface area contributed by atoms with Crippen LogP contribution < -0.4 is 10.3 Å². The first-order valence-electron chi connectivity index (χ1n) is 8.13. The summed E-state index contributed by atoms with van der Waals surface area (Å²) >= 11 is 11.6. The molecule has 1 aromatic carbocycles. The largest absolute Gasteiger partial charge is 0.449 e. The number of alkyl halides is 3. The Labute approximate surface area is 172 Å². The summed E-state index contributed by atoms with van der Waals surface area (Å²) in [4.78, 5) is 18.3. The first-order chi connectivity index (χ1) is 13.4. The van der Waals surface area contributed by atoms with E-state index in [0.29, 0.717) is 5.82 Å². The Kier molecular flexibility index (Phi) is 5.35. The monoisotopic (exact) mass is 447 g/mol. The third-order valence-corrected chi connectivity index (χ3v) is 4.43. The van der Waals surface area contributed by atoms with E-state index in [-0.39, 0.29) is 15.8 Å². The standard InChI is InChI=1S/C17H14Cl2F3N5O2/c1-16(2,3)14-26-23-7-27(14)15-24-12(17(20,21)22)11(13(28)25-15)29-8-4-5-9(18)10(19)6-8/h4-7H,1-3H3,(H,24,25,28). The Hall–Kier alpha value is -2.59. The average molecular weight is 448 g/mol.